The first-order valence-electron chi connectivity index (χ1n) is 6.96. The van der Waals surface area contributed by atoms with Crippen LogP contribution in [0.3, 0.4) is 0 Å². The number of aromatic hydroxyl groups is 1. The van der Waals surface area contributed by atoms with Gasteiger partial charge in [0.2, 0.25) is 5.75 Å². The topological polar surface area (TPSA) is 105 Å². The summed E-state index contributed by atoms with van der Waals surface area (Å²) in [5, 5.41) is 25.4. The summed E-state index contributed by atoms with van der Waals surface area (Å²) in [5.41, 5.74) is 1.97. The van der Waals surface area contributed by atoms with E-state index in [-0.39, 0.29) is 5.56 Å². The van der Waals surface area contributed by atoms with Crippen molar-refractivity contribution in [1.29, 1.82) is 0 Å². The van der Waals surface area contributed by atoms with Crippen molar-refractivity contribution in [2.75, 3.05) is 0 Å². The van der Waals surface area contributed by atoms with E-state index in [2.05, 4.69) is 10.5 Å². The maximum atomic E-state index is 12.2. The van der Waals surface area contributed by atoms with Crippen LogP contribution in [0, 0.1) is 10.1 Å². The number of benzene rings is 2. The van der Waals surface area contributed by atoms with E-state index in [1.165, 1.54) is 29.5 Å². The molecule has 3 rings (SSSR count). The Labute approximate surface area is 150 Å². The maximum absolute atomic E-state index is 12.2. The third kappa shape index (κ3) is 3.30. The Morgan fingerprint density at radius 2 is 2.04 bits per heavy atom. The zero-order chi connectivity index (χ0) is 18.0. The molecule has 0 fully saturated rings. The molecule has 0 spiro atoms. The highest BCUT2D eigenvalue weighted by atomic mass is 35.5. The molecule has 25 heavy (non-hydrogen) atoms. The van der Waals surface area contributed by atoms with Gasteiger partial charge in [-0.15, -0.1) is 11.3 Å². The minimum Gasteiger partial charge on any atom is -0.502 e. The van der Waals surface area contributed by atoms with Crippen LogP contribution in [0.15, 0.2) is 47.6 Å². The van der Waals surface area contributed by atoms with Crippen molar-refractivity contribution in [1.82, 2.24) is 5.43 Å². The molecule has 0 unspecified atom stereocenters. The van der Waals surface area contributed by atoms with Gasteiger partial charge < -0.3 is 5.11 Å². The van der Waals surface area contributed by atoms with Gasteiger partial charge in [-0.1, -0.05) is 35.9 Å². The number of carbonyl (C=O) groups is 1. The number of halogens is 1. The lowest BCUT2D eigenvalue weighted by Crippen LogP contribution is -2.16. The van der Waals surface area contributed by atoms with Crippen molar-refractivity contribution >= 4 is 50.8 Å². The molecule has 9 heteroatoms. The Morgan fingerprint density at radius 3 is 2.76 bits per heavy atom. The third-order valence-electron chi connectivity index (χ3n) is 3.35. The largest absolute Gasteiger partial charge is 0.502 e. The minimum absolute atomic E-state index is 0.108. The number of carbonyl (C=O) groups excluding carboxylic acids is 1. The van der Waals surface area contributed by atoms with Crippen LogP contribution in [0.25, 0.3) is 10.1 Å². The van der Waals surface area contributed by atoms with Crippen LogP contribution in [-0.4, -0.2) is 22.2 Å². The van der Waals surface area contributed by atoms with E-state index >= 15 is 0 Å². The second-order valence-corrected chi connectivity index (χ2v) is 6.34. The number of thiophene rings is 1. The Morgan fingerprint density at radius 1 is 1.28 bits per heavy atom. The number of para-hydroxylation sites is 1. The predicted octanol–water partition coefficient (Wildman–Crippen LogP) is 3.93. The molecule has 0 aliphatic carbocycles. The number of nitrogens with one attached hydrogen (secondary N) is 1. The zero-order valence-electron chi connectivity index (χ0n) is 12.5. The SMILES string of the molecule is O=C(N/N=C\c1cccc([N+](=O)[O-])c1O)c1sc2ccccc2c1Cl. The van der Waals surface area contributed by atoms with Crippen molar-refractivity contribution in [3.05, 3.63) is 68.0 Å². The van der Waals surface area contributed by atoms with E-state index in [9.17, 15) is 20.0 Å². The number of nitro groups is 1. The lowest BCUT2D eigenvalue weighted by atomic mass is 10.2. The van der Waals surface area contributed by atoms with Crippen LogP contribution in [0.4, 0.5) is 5.69 Å². The van der Waals surface area contributed by atoms with Gasteiger partial charge in [0.15, 0.2) is 0 Å². The Kier molecular flexibility index (Phi) is 4.64. The molecule has 0 aliphatic heterocycles. The molecule has 1 heterocycles. The van der Waals surface area contributed by atoms with Gasteiger partial charge in [0.1, 0.15) is 4.88 Å². The van der Waals surface area contributed by atoms with E-state index in [0.717, 1.165) is 16.3 Å². The zero-order valence-corrected chi connectivity index (χ0v) is 14.0. The minimum atomic E-state index is -0.706. The molecule has 0 aliphatic rings. The van der Waals surface area contributed by atoms with Crippen molar-refractivity contribution in [2.45, 2.75) is 0 Å². The Bertz CT molecular complexity index is 1020. The Balaban J connectivity index is 1.80. The fraction of sp³-hybridized carbons (Fsp3) is 0. The van der Waals surface area contributed by atoms with Crippen LogP contribution in [0.2, 0.25) is 5.02 Å². The van der Waals surface area contributed by atoms with E-state index in [0.29, 0.717) is 9.90 Å². The molecular formula is C16H10ClN3O4S. The molecule has 3 aromatic rings. The number of fused-ring (bicyclic) bond motifs is 1. The number of rotatable bonds is 4. The maximum Gasteiger partial charge on any atom is 0.311 e. The van der Waals surface area contributed by atoms with Crippen LogP contribution >= 0.6 is 22.9 Å². The Hall–Kier alpha value is -2.97. The van der Waals surface area contributed by atoms with Gasteiger partial charge in [0.05, 0.1) is 16.2 Å². The smallest absolute Gasteiger partial charge is 0.311 e. The highest BCUT2D eigenvalue weighted by Gasteiger charge is 2.17. The van der Waals surface area contributed by atoms with Crippen molar-refractivity contribution < 1.29 is 14.8 Å². The fourth-order valence-electron chi connectivity index (χ4n) is 2.17. The standard InChI is InChI=1S/C16H10ClN3O4S/c17-13-10-5-1-2-7-12(10)25-15(13)16(22)19-18-8-9-4-3-6-11(14(9)21)20(23)24/h1-8,21H,(H,19,22)/b18-8-. The molecule has 0 saturated heterocycles. The normalized spacial score (nSPS) is 11.1. The first-order valence-corrected chi connectivity index (χ1v) is 8.15. The van der Waals surface area contributed by atoms with Gasteiger partial charge in [0, 0.05) is 21.7 Å². The lowest BCUT2D eigenvalue weighted by Gasteiger charge is -2.00. The van der Waals surface area contributed by atoms with Gasteiger partial charge in [-0.3, -0.25) is 14.9 Å². The molecule has 126 valence electrons. The summed E-state index contributed by atoms with van der Waals surface area (Å²) in [6, 6.07) is 11.4. The van der Waals surface area contributed by atoms with Crippen LogP contribution in [0.5, 0.6) is 5.75 Å². The molecule has 0 atom stereocenters. The molecule has 0 bridgehead atoms. The highest BCUT2D eigenvalue weighted by Crippen LogP contribution is 2.35. The van der Waals surface area contributed by atoms with Gasteiger partial charge >= 0.3 is 5.69 Å². The summed E-state index contributed by atoms with van der Waals surface area (Å²) in [6.07, 6.45) is 1.13. The molecule has 1 aromatic heterocycles. The summed E-state index contributed by atoms with van der Waals surface area (Å²) >= 11 is 7.44. The van der Waals surface area contributed by atoms with Crippen LogP contribution in [-0.2, 0) is 0 Å². The fourth-order valence-corrected chi connectivity index (χ4v) is 3.58. The summed E-state index contributed by atoms with van der Waals surface area (Å²) in [4.78, 5) is 22.6. The third-order valence-corrected chi connectivity index (χ3v) is 5.03. The number of nitrogens with zero attached hydrogens (tertiary/aromatic N) is 2. The predicted molar refractivity (Wildman–Crippen MR) is 96.7 cm³/mol. The highest BCUT2D eigenvalue weighted by molar-refractivity contribution is 7.21. The second kappa shape index (κ2) is 6.88. The lowest BCUT2D eigenvalue weighted by molar-refractivity contribution is -0.385. The summed E-state index contributed by atoms with van der Waals surface area (Å²) in [7, 11) is 0. The molecule has 2 aromatic carbocycles. The number of amides is 1. The number of hydrogen-bond acceptors (Lipinski definition) is 6. The van der Waals surface area contributed by atoms with Gasteiger partial charge in [-0.05, 0) is 12.1 Å². The van der Waals surface area contributed by atoms with Crippen molar-refractivity contribution in [3.8, 4) is 5.75 Å². The van der Waals surface area contributed by atoms with Crippen LogP contribution in [0.1, 0.15) is 15.2 Å². The van der Waals surface area contributed by atoms with E-state index in [1.54, 1.807) is 0 Å². The summed E-state index contributed by atoms with van der Waals surface area (Å²) in [5.74, 6) is -1.03. The van der Waals surface area contributed by atoms with Crippen LogP contribution < -0.4 is 5.43 Å². The first kappa shape index (κ1) is 16.9. The van der Waals surface area contributed by atoms with Crippen molar-refractivity contribution in [3.63, 3.8) is 0 Å². The van der Waals surface area contributed by atoms with Gasteiger partial charge in [-0.2, -0.15) is 5.10 Å². The molecule has 0 radical (unpaired) electrons. The average molecular weight is 376 g/mol. The monoisotopic (exact) mass is 375 g/mol. The molecule has 0 saturated carbocycles. The second-order valence-electron chi connectivity index (χ2n) is 4.91. The number of hydrazone groups is 1. The quantitative estimate of drug-likeness (QED) is 0.409. The van der Waals surface area contributed by atoms with E-state index < -0.39 is 22.3 Å². The number of hydrogen-bond donors (Lipinski definition) is 2. The van der Waals surface area contributed by atoms with Crippen molar-refractivity contribution in [2.24, 2.45) is 5.10 Å². The van der Waals surface area contributed by atoms with Gasteiger partial charge in [0.25, 0.3) is 5.91 Å². The molecular weight excluding hydrogens is 366 g/mol. The summed E-state index contributed by atoms with van der Waals surface area (Å²) in [6.45, 7) is 0. The number of phenolic OH excluding ortho intramolecular Hbond substituents is 1. The number of nitro benzene ring substituents is 1. The molecule has 7 nitrogen and oxygen atoms in total. The molecule has 2 N–H and O–H groups in total. The number of phenols is 1. The van der Waals surface area contributed by atoms with E-state index in [1.807, 2.05) is 24.3 Å². The first-order chi connectivity index (χ1) is 12.0. The summed E-state index contributed by atoms with van der Waals surface area (Å²) < 4.78 is 0.873. The molecule has 1 amide bonds. The average Bonchev–Trinajstić information content (AvgIpc) is 2.93. The van der Waals surface area contributed by atoms with Gasteiger partial charge in [-0.25, -0.2) is 5.43 Å². The van der Waals surface area contributed by atoms with E-state index in [4.69, 9.17) is 11.6 Å².